The van der Waals surface area contributed by atoms with Gasteiger partial charge in [-0.2, -0.15) is 5.11 Å². The number of hydrogen-bond acceptors (Lipinski definition) is 9. The second kappa shape index (κ2) is 8.01. The van der Waals surface area contributed by atoms with Crippen molar-refractivity contribution in [1.29, 1.82) is 0 Å². The lowest BCUT2D eigenvalue weighted by Crippen LogP contribution is -2.02. The number of rotatable bonds is 5. The number of anilines is 1. The Morgan fingerprint density at radius 2 is 1.71 bits per heavy atom. The lowest BCUT2D eigenvalue weighted by atomic mass is 10.1. The second-order valence-electron chi connectivity index (χ2n) is 6.52. The van der Waals surface area contributed by atoms with Gasteiger partial charge in [-0.1, -0.05) is 0 Å². The van der Waals surface area contributed by atoms with Crippen LogP contribution in [0.5, 0.6) is 5.75 Å². The molecule has 13 heteroatoms. The number of sulfone groups is 1. The molecule has 2 atom stereocenters. The molecule has 0 radical (unpaired) electrons. The highest BCUT2D eigenvalue weighted by molar-refractivity contribution is 7.95. The third-order valence-electron chi connectivity index (χ3n) is 4.23. The number of phenolic OH excluding ortho intramolecular Hbond substituents is 1. The van der Waals surface area contributed by atoms with E-state index in [-0.39, 0.29) is 42.5 Å². The summed E-state index contributed by atoms with van der Waals surface area (Å²) in [5, 5.41) is 18.3. The Labute approximate surface area is 180 Å². The predicted octanol–water partition coefficient (Wildman–Crippen LogP) is 2.73. The number of aromatic hydroxyl groups is 1. The van der Waals surface area contributed by atoms with E-state index in [1.807, 2.05) is 0 Å². The quantitative estimate of drug-likeness (QED) is 0.214. The number of nitrogens with two attached hydrogens (primary N) is 1. The molecular weight excluding hydrogens is 466 g/mol. The Morgan fingerprint density at radius 3 is 2.23 bits per heavy atom. The molecule has 0 spiro atoms. The maximum absolute atomic E-state index is 12.3. The molecule has 3 aromatic carbocycles. The first-order valence-corrected chi connectivity index (χ1v) is 12.9. The maximum Gasteiger partial charge on any atom is 0.177 e. The van der Waals surface area contributed by atoms with Crippen molar-refractivity contribution >= 4 is 64.4 Å². The van der Waals surface area contributed by atoms with Gasteiger partial charge in [-0.05, 0) is 64.8 Å². The molecule has 10 nitrogen and oxygen atoms in total. The van der Waals surface area contributed by atoms with E-state index in [1.54, 1.807) is 0 Å². The van der Waals surface area contributed by atoms with E-state index in [9.17, 15) is 31.0 Å². The molecule has 3 rings (SSSR count). The molecule has 0 aliphatic heterocycles. The molecule has 0 amide bonds. The molecule has 3 aromatic rings. The van der Waals surface area contributed by atoms with Crippen molar-refractivity contribution in [2.45, 2.75) is 14.7 Å². The largest absolute Gasteiger partial charge is 0.768 e. The highest BCUT2D eigenvalue weighted by atomic mass is 32.2. The molecule has 0 bridgehead atoms. The molecule has 0 fully saturated rings. The number of benzene rings is 3. The van der Waals surface area contributed by atoms with Gasteiger partial charge in [0.15, 0.2) is 9.84 Å². The molecule has 0 saturated heterocycles. The third kappa shape index (κ3) is 4.75. The number of nitrogen functional groups attached to an aromatic ring is 1. The van der Waals surface area contributed by atoms with E-state index in [2.05, 4.69) is 16.1 Å². The van der Waals surface area contributed by atoms with E-state index in [4.69, 9.17) is 5.73 Å². The van der Waals surface area contributed by atoms with Crippen LogP contribution < -0.4 is 5.73 Å². The smallest absolute Gasteiger partial charge is 0.177 e. The van der Waals surface area contributed by atoms with Gasteiger partial charge < -0.3 is 19.9 Å². The first kappa shape index (κ1) is 22.8. The summed E-state index contributed by atoms with van der Waals surface area (Å²) in [5.41, 5.74) is 5.87. The van der Waals surface area contributed by atoms with E-state index in [0.29, 0.717) is 0 Å². The van der Waals surface area contributed by atoms with Gasteiger partial charge >= 0.3 is 0 Å². The van der Waals surface area contributed by atoms with Crippen LogP contribution >= 0.6 is 0 Å². The number of hydrogen-bond donors (Lipinski definition) is 3. The zero-order valence-electron chi connectivity index (χ0n) is 15.9. The lowest BCUT2D eigenvalue weighted by molar-refractivity contribution is 0.479. The van der Waals surface area contributed by atoms with Crippen molar-refractivity contribution in [3.63, 3.8) is 0 Å². The van der Waals surface area contributed by atoms with Crippen LogP contribution in [0.4, 0.5) is 17.1 Å². The van der Waals surface area contributed by atoms with E-state index >= 15 is 0 Å². The summed E-state index contributed by atoms with van der Waals surface area (Å²) in [6.07, 6.45) is 0.922. The molecule has 0 aliphatic carbocycles. The van der Waals surface area contributed by atoms with E-state index in [0.717, 1.165) is 18.4 Å². The minimum absolute atomic E-state index is 0.0193. The molecule has 0 heterocycles. The van der Waals surface area contributed by atoms with Crippen molar-refractivity contribution in [3.05, 3.63) is 42.5 Å². The number of nitrogens with zero attached hydrogens (tertiary/aromatic N) is 2. The number of phenols is 1. The first-order chi connectivity index (χ1) is 14.3. The molecule has 0 saturated carbocycles. The highest BCUT2D eigenvalue weighted by Gasteiger charge is 2.22. The fraction of sp³-hybridized carbons (Fsp3) is 0.0556. The summed E-state index contributed by atoms with van der Waals surface area (Å²) in [4.78, 5) is -0.488. The Balaban J connectivity index is 2.26. The maximum atomic E-state index is 12.3. The molecule has 4 N–H and O–H groups in total. The van der Waals surface area contributed by atoms with Gasteiger partial charge in [0.2, 0.25) is 0 Å². The zero-order valence-corrected chi connectivity index (χ0v) is 18.3. The minimum atomic E-state index is -3.88. The van der Waals surface area contributed by atoms with Crippen molar-refractivity contribution in [1.82, 2.24) is 0 Å². The molecule has 0 aliphatic rings. The fourth-order valence-corrected chi connectivity index (χ4v) is 4.60. The lowest BCUT2D eigenvalue weighted by Gasteiger charge is -2.13. The Kier molecular flexibility index (Phi) is 5.90. The third-order valence-corrected chi connectivity index (χ3v) is 6.97. The average Bonchev–Trinajstić information content (AvgIpc) is 2.65. The van der Waals surface area contributed by atoms with Crippen LogP contribution in [0.25, 0.3) is 10.8 Å². The standard InChI is InChI=1S/C18H17N3O7S3/c1-30(25,26)13-7-10-8-15(31(2,27)28)18(17(19)16(10)14(22)9-13)21-20-11-3-5-12(6-4-11)29(23)24/h3-9,22H,1,19H2,2H3,(H,23,24)(H,25,26)/p-1. The topological polar surface area (TPSA) is 183 Å². The van der Waals surface area contributed by atoms with Crippen LogP contribution in [0.3, 0.4) is 0 Å². The minimum Gasteiger partial charge on any atom is -0.768 e. The van der Waals surface area contributed by atoms with E-state index in [1.165, 1.54) is 30.3 Å². The van der Waals surface area contributed by atoms with Crippen molar-refractivity contribution in [2.24, 2.45) is 10.2 Å². The van der Waals surface area contributed by atoms with Gasteiger partial charge in [0.1, 0.15) is 21.2 Å². The van der Waals surface area contributed by atoms with Gasteiger partial charge in [0.05, 0.1) is 21.2 Å². The first-order valence-electron chi connectivity index (χ1n) is 8.29. The van der Waals surface area contributed by atoms with Crippen LogP contribution in [0.2, 0.25) is 0 Å². The predicted molar refractivity (Wildman–Crippen MR) is 117 cm³/mol. The van der Waals surface area contributed by atoms with Gasteiger partial charge in [-0.15, -0.1) is 5.11 Å². The zero-order chi connectivity index (χ0) is 23.1. The van der Waals surface area contributed by atoms with Crippen LogP contribution in [-0.4, -0.2) is 43.2 Å². The Hall–Kier alpha value is -2.84. The molecule has 164 valence electrons. The van der Waals surface area contributed by atoms with Crippen molar-refractivity contribution in [2.75, 3.05) is 12.0 Å². The number of fused-ring (bicyclic) bond motifs is 1. The summed E-state index contributed by atoms with van der Waals surface area (Å²) in [5.74, 6) is 2.67. The summed E-state index contributed by atoms with van der Waals surface area (Å²) in [7, 11) is -7.56. The normalized spacial score (nSPS) is 15.2. The molecular formula is C18H16N3O7S3-. The summed E-state index contributed by atoms with van der Waals surface area (Å²) in [6, 6.07) is 8.68. The molecule has 0 aromatic heterocycles. The summed E-state index contributed by atoms with van der Waals surface area (Å²) in [6.45, 7) is 0. The SMILES string of the molecule is C=S(=O)(O)c1cc(O)c2c(N)c(N=Nc3ccc(S(=O)[O-])cc3)c(S(C)(=O)=O)cc2c1. The van der Waals surface area contributed by atoms with Crippen LogP contribution in [0, 0.1) is 0 Å². The van der Waals surface area contributed by atoms with Gasteiger partial charge in [0.25, 0.3) is 0 Å². The summed E-state index contributed by atoms with van der Waals surface area (Å²) < 4.78 is 68.1. The highest BCUT2D eigenvalue weighted by Crippen LogP contribution is 2.43. The van der Waals surface area contributed by atoms with Gasteiger partial charge in [0, 0.05) is 16.5 Å². The monoisotopic (exact) mass is 482 g/mol. The Bertz CT molecular complexity index is 1460. The fourth-order valence-electron chi connectivity index (χ4n) is 2.79. The van der Waals surface area contributed by atoms with Crippen LogP contribution in [0.1, 0.15) is 0 Å². The summed E-state index contributed by atoms with van der Waals surface area (Å²) >= 11 is -2.42. The second-order valence-corrected chi connectivity index (χ2v) is 11.2. The average molecular weight is 483 g/mol. The van der Waals surface area contributed by atoms with Crippen LogP contribution in [-0.2, 0) is 30.7 Å². The van der Waals surface area contributed by atoms with Crippen molar-refractivity contribution in [3.8, 4) is 5.75 Å². The van der Waals surface area contributed by atoms with Gasteiger partial charge in [-0.25, -0.2) is 12.6 Å². The Morgan fingerprint density at radius 1 is 1.10 bits per heavy atom. The number of azo groups is 1. The van der Waals surface area contributed by atoms with Crippen molar-refractivity contribution < 1.29 is 31.0 Å². The molecule has 31 heavy (non-hydrogen) atoms. The van der Waals surface area contributed by atoms with E-state index < -0.39 is 36.5 Å². The van der Waals surface area contributed by atoms with Gasteiger partial charge in [-0.3, -0.25) is 4.21 Å². The molecule has 2 unspecified atom stereocenters. The van der Waals surface area contributed by atoms with Crippen LogP contribution in [0.15, 0.2) is 67.4 Å².